The summed E-state index contributed by atoms with van der Waals surface area (Å²) in [5.41, 5.74) is 0.479. The highest BCUT2D eigenvalue weighted by Gasteiger charge is 2.42. The monoisotopic (exact) mass is 356 g/mol. The number of urea groups is 1. The molecule has 2 amide bonds. The molecule has 8 heteroatoms. The molecule has 1 saturated carbocycles. The Morgan fingerprint density at radius 1 is 1.38 bits per heavy atom. The number of aromatic nitrogens is 2. The van der Waals surface area contributed by atoms with Crippen LogP contribution in [0.4, 0.5) is 10.5 Å². The molecule has 1 atom stereocenters. The van der Waals surface area contributed by atoms with E-state index in [1.54, 1.807) is 19.1 Å². The molecular formula is C18H20N4O4. The number of nitrogens with zero attached hydrogens (tertiary/aromatic N) is 3. The molecule has 1 unspecified atom stereocenters. The second-order valence-electron chi connectivity index (χ2n) is 7.28. The van der Waals surface area contributed by atoms with E-state index >= 15 is 0 Å². The number of benzene rings is 1. The maximum absolute atomic E-state index is 12.4. The first-order valence-corrected chi connectivity index (χ1v) is 8.68. The van der Waals surface area contributed by atoms with E-state index in [1.165, 1.54) is 4.90 Å². The largest absolute Gasteiger partial charge is 0.481 e. The third-order valence-electron chi connectivity index (χ3n) is 5.02. The Morgan fingerprint density at radius 3 is 2.88 bits per heavy atom. The van der Waals surface area contributed by atoms with E-state index in [0.717, 1.165) is 18.4 Å². The predicted octanol–water partition coefficient (Wildman–Crippen LogP) is 2.94. The minimum atomic E-state index is -0.886. The lowest BCUT2D eigenvalue weighted by Gasteiger charge is -2.20. The fraction of sp³-hybridized carbons (Fsp3) is 0.444. The number of hydrogen-bond donors (Lipinski definition) is 2. The van der Waals surface area contributed by atoms with E-state index in [0.29, 0.717) is 36.3 Å². The van der Waals surface area contributed by atoms with Crippen molar-refractivity contribution < 1.29 is 19.2 Å². The Balaban J connectivity index is 1.45. The van der Waals surface area contributed by atoms with Gasteiger partial charge in [0.05, 0.1) is 5.41 Å². The predicted molar refractivity (Wildman–Crippen MR) is 92.7 cm³/mol. The standard InChI is InChI=1S/C18H20N4O4/c1-18(16(23)24)7-8-22(10-18)17(25)19-13-4-2-3-12(9-13)14-20-15(26-21-14)11-5-6-11/h2-4,9,11H,5-8,10H2,1H3,(H,19,25)(H,23,24). The molecule has 8 nitrogen and oxygen atoms in total. The normalized spacial score (nSPS) is 22.4. The van der Waals surface area contributed by atoms with Crippen LogP contribution in [0.25, 0.3) is 11.4 Å². The molecule has 1 aliphatic heterocycles. The molecule has 2 heterocycles. The van der Waals surface area contributed by atoms with Gasteiger partial charge in [-0.3, -0.25) is 4.79 Å². The van der Waals surface area contributed by atoms with Gasteiger partial charge >= 0.3 is 12.0 Å². The molecule has 2 N–H and O–H groups in total. The molecular weight excluding hydrogens is 336 g/mol. The highest BCUT2D eigenvalue weighted by molar-refractivity contribution is 5.91. The SMILES string of the molecule is CC1(C(=O)O)CCN(C(=O)Nc2cccc(-c3noc(C4CC4)n3)c2)C1. The van der Waals surface area contributed by atoms with Crippen LogP contribution in [0.2, 0.25) is 0 Å². The fourth-order valence-electron chi connectivity index (χ4n) is 3.10. The molecule has 26 heavy (non-hydrogen) atoms. The number of nitrogens with one attached hydrogen (secondary N) is 1. The Bertz CT molecular complexity index is 860. The van der Waals surface area contributed by atoms with Crippen molar-refractivity contribution in [2.24, 2.45) is 5.41 Å². The van der Waals surface area contributed by atoms with E-state index in [4.69, 9.17) is 4.52 Å². The summed E-state index contributed by atoms with van der Waals surface area (Å²) >= 11 is 0. The second-order valence-corrected chi connectivity index (χ2v) is 7.28. The van der Waals surface area contributed by atoms with Crippen molar-refractivity contribution >= 4 is 17.7 Å². The van der Waals surface area contributed by atoms with Gasteiger partial charge in [-0.15, -0.1) is 0 Å². The Kier molecular flexibility index (Phi) is 3.90. The average molecular weight is 356 g/mol. The van der Waals surface area contributed by atoms with Crippen LogP contribution in [0.5, 0.6) is 0 Å². The number of likely N-dealkylation sites (tertiary alicyclic amines) is 1. The fourth-order valence-corrected chi connectivity index (χ4v) is 3.10. The highest BCUT2D eigenvalue weighted by atomic mass is 16.5. The summed E-state index contributed by atoms with van der Waals surface area (Å²) in [6.45, 7) is 2.28. The summed E-state index contributed by atoms with van der Waals surface area (Å²) < 4.78 is 5.28. The Hall–Kier alpha value is -2.90. The van der Waals surface area contributed by atoms with Crippen LogP contribution >= 0.6 is 0 Å². The van der Waals surface area contributed by atoms with Crippen LogP contribution in [0.3, 0.4) is 0 Å². The summed E-state index contributed by atoms with van der Waals surface area (Å²) in [4.78, 5) is 29.7. The summed E-state index contributed by atoms with van der Waals surface area (Å²) in [5.74, 6) is 0.679. The number of hydrogen-bond acceptors (Lipinski definition) is 5. The van der Waals surface area contributed by atoms with E-state index in [-0.39, 0.29) is 12.6 Å². The van der Waals surface area contributed by atoms with Crippen molar-refractivity contribution in [3.05, 3.63) is 30.2 Å². The quantitative estimate of drug-likeness (QED) is 0.872. The zero-order chi connectivity index (χ0) is 18.3. The molecule has 0 spiro atoms. The minimum Gasteiger partial charge on any atom is -0.481 e. The molecule has 136 valence electrons. The zero-order valence-electron chi connectivity index (χ0n) is 14.4. The van der Waals surface area contributed by atoms with Crippen molar-refractivity contribution in [2.75, 3.05) is 18.4 Å². The summed E-state index contributed by atoms with van der Waals surface area (Å²) in [6, 6.07) is 6.92. The zero-order valence-corrected chi connectivity index (χ0v) is 14.4. The number of amides is 2. The third-order valence-corrected chi connectivity index (χ3v) is 5.02. The second kappa shape index (κ2) is 6.12. The smallest absolute Gasteiger partial charge is 0.321 e. The van der Waals surface area contributed by atoms with Gasteiger partial charge in [-0.1, -0.05) is 17.3 Å². The molecule has 0 bridgehead atoms. The first-order valence-electron chi connectivity index (χ1n) is 8.68. The Labute approximate surface area is 150 Å². The van der Waals surface area contributed by atoms with Crippen LogP contribution in [-0.4, -0.2) is 45.2 Å². The van der Waals surface area contributed by atoms with Crippen LogP contribution in [-0.2, 0) is 4.79 Å². The molecule has 2 fully saturated rings. The molecule has 1 saturated heterocycles. The van der Waals surface area contributed by atoms with E-state index in [1.807, 2.05) is 12.1 Å². The van der Waals surface area contributed by atoms with E-state index in [9.17, 15) is 14.7 Å². The topological polar surface area (TPSA) is 109 Å². The van der Waals surface area contributed by atoms with Gasteiger partial charge in [0.1, 0.15) is 0 Å². The van der Waals surface area contributed by atoms with Crippen molar-refractivity contribution in [3.8, 4) is 11.4 Å². The van der Waals surface area contributed by atoms with E-state index in [2.05, 4.69) is 15.5 Å². The number of carboxylic acid groups (broad SMARTS) is 1. The van der Waals surface area contributed by atoms with Gasteiger partial charge in [0.2, 0.25) is 11.7 Å². The van der Waals surface area contributed by atoms with Crippen molar-refractivity contribution in [3.63, 3.8) is 0 Å². The number of rotatable bonds is 4. The van der Waals surface area contributed by atoms with Crippen LogP contribution in [0, 0.1) is 5.41 Å². The maximum Gasteiger partial charge on any atom is 0.321 e. The first-order chi connectivity index (χ1) is 12.4. The maximum atomic E-state index is 12.4. The number of aliphatic carboxylic acids is 1. The number of carbonyl (C=O) groups is 2. The van der Waals surface area contributed by atoms with Crippen molar-refractivity contribution in [1.82, 2.24) is 15.0 Å². The number of carbonyl (C=O) groups excluding carboxylic acids is 1. The molecule has 2 aliphatic rings. The molecule has 1 aromatic heterocycles. The van der Waals surface area contributed by atoms with Crippen LogP contribution in [0.15, 0.2) is 28.8 Å². The summed E-state index contributed by atoms with van der Waals surface area (Å²) in [6.07, 6.45) is 2.62. The number of carboxylic acids is 1. The average Bonchev–Trinajstić information content (AvgIpc) is 3.19. The van der Waals surface area contributed by atoms with Gasteiger partial charge in [-0.25, -0.2) is 4.79 Å². The van der Waals surface area contributed by atoms with Gasteiger partial charge in [-0.05, 0) is 38.3 Å². The van der Waals surface area contributed by atoms with Gasteiger partial charge < -0.3 is 19.8 Å². The molecule has 4 rings (SSSR count). The lowest BCUT2D eigenvalue weighted by Crippen LogP contribution is -2.37. The first kappa shape index (κ1) is 16.6. The lowest BCUT2D eigenvalue weighted by molar-refractivity contribution is -0.146. The van der Waals surface area contributed by atoms with Gasteiger partial charge in [0, 0.05) is 30.3 Å². The minimum absolute atomic E-state index is 0.198. The van der Waals surface area contributed by atoms with Crippen molar-refractivity contribution in [2.45, 2.75) is 32.1 Å². The Morgan fingerprint density at radius 2 is 2.19 bits per heavy atom. The van der Waals surface area contributed by atoms with Gasteiger partial charge in [0.15, 0.2) is 0 Å². The molecule has 2 aromatic rings. The highest BCUT2D eigenvalue weighted by Crippen LogP contribution is 2.39. The number of anilines is 1. The van der Waals surface area contributed by atoms with Crippen molar-refractivity contribution in [1.29, 1.82) is 0 Å². The molecule has 1 aliphatic carbocycles. The lowest BCUT2D eigenvalue weighted by atomic mass is 9.90. The van der Waals surface area contributed by atoms with Gasteiger partial charge in [0.25, 0.3) is 0 Å². The van der Waals surface area contributed by atoms with Crippen LogP contribution < -0.4 is 5.32 Å². The third kappa shape index (κ3) is 3.14. The summed E-state index contributed by atoms with van der Waals surface area (Å²) in [7, 11) is 0. The van der Waals surface area contributed by atoms with Gasteiger partial charge in [-0.2, -0.15) is 4.98 Å². The summed E-state index contributed by atoms with van der Waals surface area (Å²) in [5, 5.41) is 16.1. The van der Waals surface area contributed by atoms with Crippen LogP contribution in [0.1, 0.15) is 38.0 Å². The van der Waals surface area contributed by atoms with E-state index < -0.39 is 11.4 Å². The molecule has 0 radical (unpaired) electrons. The molecule has 1 aromatic carbocycles.